The predicted molar refractivity (Wildman–Crippen MR) is 91.9 cm³/mol. The van der Waals surface area contributed by atoms with Crippen molar-refractivity contribution in [2.24, 2.45) is 10.7 Å². The monoisotopic (exact) mass is 279 g/mol. The maximum Gasteiger partial charge on any atom is 0.0935 e. The lowest BCUT2D eigenvalue weighted by Gasteiger charge is -2.12. The summed E-state index contributed by atoms with van der Waals surface area (Å²) in [5.41, 5.74) is 18.6. The summed E-state index contributed by atoms with van der Waals surface area (Å²) in [7, 11) is 0. The van der Waals surface area contributed by atoms with E-state index in [1.165, 1.54) is 5.56 Å². The molecule has 2 rings (SSSR count). The molecule has 4 N–H and O–H groups in total. The van der Waals surface area contributed by atoms with Gasteiger partial charge in [-0.05, 0) is 44.0 Å². The van der Waals surface area contributed by atoms with Crippen LogP contribution < -0.4 is 11.5 Å². The summed E-state index contributed by atoms with van der Waals surface area (Å²) < 4.78 is 0. The number of nitrogens with two attached hydrogens (primary N) is 2. The van der Waals surface area contributed by atoms with Crippen molar-refractivity contribution in [1.82, 2.24) is 0 Å². The van der Waals surface area contributed by atoms with Crippen LogP contribution in [0.25, 0.3) is 11.4 Å². The highest BCUT2D eigenvalue weighted by molar-refractivity contribution is 5.92. The quantitative estimate of drug-likeness (QED) is 0.510. The van der Waals surface area contributed by atoms with Crippen LogP contribution in [0.1, 0.15) is 29.2 Å². The zero-order valence-corrected chi connectivity index (χ0v) is 12.7. The summed E-state index contributed by atoms with van der Waals surface area (Å²) in [5.74, 6) is 0. The highest BCUT2D eigenvalue weighted by Crippen LogP contribution is 2.27. The third kappa shape index (κ3) is 3.31. The molecule has 0 amide bonds. The molecule has 0 aliphatic rings. The molecule has 0 radical (unpaired) electrons. The molecular weight excluding hydrogens is 258 g/mol. The number of rotatable bonds is 3. The van der Waals surface area contributed by atoms with Gasteiger partial charge in [-0.3, -0.25) is 4.99 Å². The molecule has 0 heterocycles. The fourth-order valence-electron chi connectivity index (χ4n) is 2.29. The number of anilines is 1. The van der Waals surface area contributed by atoms with Crippen LogP contribution in [0.3, 0.4) is 0 Å². The first kappa shape index (κ1) is 14.9. The Balaban J connectivity index is 2.61. The molecule has 0 spiro atoms. The van der Waals surface area contributed by atoms with Crippen LogP contribution in [0, 0.1) is 13.8 Å². The molecule has 0 bridgehead atoms. The molecule has 0 atom stereocenters. The molecule has 0 aliphatic carbocycles. The van der Waals surface area contributed by atoms with Gasteiger partial charge in [0.1, 0.15) is 0 Å². The predicted octanol–water partition coefficient (Wildman–Crippen LogP) is 3.76. The zero-order valence-electron chi connectivity index (χ0n) is 12.7. The molecule has 3 heteroatoms. The van der Waals surface area contributed by atoms with Crippen LogP contribution in [0.15, 0.2) is 47.5 Å². The van der Waals surface area contributed by atoms with Gasteiger partial charge in [-0.15, -0.1) is 0 Å². The van der Waals surface area contributed by atoms with Gasteiger partial charge in [0, 0.05) is 17.5 Å². The maximum atomic E-state index is 6.34. The minimum Gasteiger partial charge on any atom is -0.399 e. The maximum absolute atomic E-state index is 6.34. The van der Waals surface area contributed by atoms with E-state index in [9.17, 15) is 0 Å². The third-order valence-electron chi connectivity index (χ3n) is 3.37. The van der Waals surface area contributed by atoms with Crippen molar-refractivity contribution in [3.05, 3.63) is 64.7 Å². The Morgan fingerprint density at radius 1 is 1.05 bits per heavy atom. The van der Waals surface area contributed by atoms with E-state index in [-0.39, 0.29) is 0 Å². The van der Waals surface area contributed by atoms with Crippen LogP contribution in [-0.2, 0) is 0 Å². The Morgan fingerprint density at radius 3 is 2.29 bits per heavy atom. The normalized spacial score (nSPS) is 12.5. The number of aryl methyl sites for hydroxylation is 2. The molecule has 0 aliphatic heterocycles. The first-order valence-electron chi connectivity index (χ1n) is 6.95. The van der Waals surface area contributed by atoms with Crippen LogP contribution in [0.5, 0.6) is 0 Å². The van der Waals surface area contributed by atoms with Gasteiger partial charge in [0.25, 0.3) is 0 Å². The highest BCUT2D eigenvalue weighted by atomic mass is 14.8. The van der Waals surface area contributed by atoms with Gasteiger partial charge in [0.2, 0.25) is 0 Å². The summed E-state index contributed by atoms with van der Waals surface area (Å²) in [6.07, 6.45) is 1.76. The Morgan fingerprint density at radius 2 is 1.71 bits per heavy atom. The van der Waals surface area contributed by atoms with E-state index >= 15 is 0 Å². The second-order valence-electron chi connectivity index (χ2n) is 5.09. The van der Waals surface area contributed by atoms with Gasteiger partial charge < -0.3 is 11.5 Å². The van der Waals surface area contributed by atoms with Gasteiger partial charge in [0.05, 0.1) is 11.4 Å². The molecule has 0 aromatic heterocycles. The van der Waals surface area contributed by atoms with E-state index in [2.05, 4.69) is 37.0 Å². The number of hydrogen-bond acceptors (Lipinski definition) is 3. The molecule has 0 unspecified atom stereocenters. The third-order valence-corrected chi connectivity index (χ3v) is 3.37. The molecule has 108 valence electrons. The first-order chi connectivity index (χ1) is 10.0. The number of aliphatic imine (C=N–C) groups is 1. The van der Waals surface area contributed by atoms with Crippen molar-refractivity contribution in [2.45, 2.75) is 20.8 Å². The summed E-state index contributed by atoms with van der Waals surface area (Å²) >= 11 is 0. The van der Waals surface area contributed by atoms with Crippen molar-refractivity contribution in [1.29, 1.82) is 0 Å². The molecule has 21 heavy (non-hydrogen) atoms. The van der Waals surface area contributed by atoms with E-state index in [1.54, 1.807) is 6.21 Å². The average Bonchev–Trinajstić information content (AvgIpc) is 2.46. The first-order valence-corrected chi connectivity index (χ1v) is 6.95. The lowest BCUT2D eigenvalue weighted by molar-refractivity contribution is 1.33. The second-order valence-corrected chi connectivity index (χ2v) is 5.09. The Labute approximate surface area is 126 Å². The van der Waals surface area contributed by atoms with Crippen molar-refractivity contribution in [3.8, 4) is 0 Å². The molecule has 0 saturated heterocycles. The van der Waals surface area contributed by atoms with Crippen molar-refractivity contribution < 1.29 is 0 Å². The van der Waals surface area contributed by atoms with Crippen molar-refractivity contribution >= 4 is 23.3 Å². The van der Waals surface area contributed by atoms with Gasteiger partial charge in [-0.2, -0.15) is 0 Å². The largest absolute Gasteiger partial charge is 0.399 e. The fraction of sp³-hybridized carbons (Fsp3) is 0.167. The highest BCUT2D eigenvalue weighted by Gasteiger charge is 2.10. The molecule has 2 aromatic carbocycles. The van der Waals surface area contributed by atoms with Crippen molar-refractivity contribution in [2.75, 3.05) is 5.73 Å². The molecule has 0 fully saturated rings. The van der Waals surface area contributed by atoms with Crippen LogP contribution in [0.2, 0.25) is 0 Å². The minimum absolute atomic E-state index is 0.653. The standard InChI is InChI=1S/C18H21N3/c1-4-21-18(16-10-5-12(2)11-13(16)3)17(20)14-6-8-15(19)9-7-14/h4-11H,19-20H2,1-3H3/b18-17-,21-4-. The Hall–Kier alpha value is -2.55. The van der Waals surface area contributed by atoms with Gasteiger partial charge in [0.15, 0.2) is 0 Å². The number of hydrogen-bond donors (Lipinski definition) is 2. The lowest BCUT2D eigenvalue weighted by atomic mass is 10.00. The Bertz CT molecular complexity index is 695. The fourth-order valence-corrected chi connectivity index (χ4v) is 2.29. The SMILES string of the molecule is C/C=N\C(=C(/N)c1ccc(N)cc1)c1ccc(C)cc1C. The van der Waals surface area contributed by atoms with Crippen molar-refractivity contribution in [3.63, 3.8) is 0 Å². The summed E-state index contributed by atoms with van der Waals surface area (Å²) in [6.45, 7) is 6.04. The summed E-state index contributed by atoms with van der Waals surface area (Å²) in [6, 6.07) is 13.8. The number of nitrogens with zero attached hydrogens (tertiary/aromatic N) is 1. The summed E-state index contributed by atoms with van der Waals surface area (Å²) in [5, 5.41) is 0. The minimum atomic E-state index is 0.653. The number of benzene rings is 2. The topological polar surface area (TPSA) is 64.4 Å². The lowest BCUT2D eigenvalue weighted by Crippen LogP contribution is -2.02. The van der Waals surface area contributed by atoms with E-state index in [1.807, 2.05) is 31.2 Å². The molecule has 0 saturated carbocycles. The van der Waals surface area contributed by atoms with E-state index in [0.29, 0.717) is 5.70 Å². The van der Waals surface area contributed by atoms with Crippen LogP contribution in [0.4, 0.5) is 5.69 Å². The van der Waals surface area contributed by atoms with E-state index < -0.39 is 0 Å². The smallest absolute Gasteiger partial charge is 0.0935 e. The van der Waals surface area contributed by atoms with Crippen LogP contribution >= 0.6 is 0 Å². The Kier molecular flexibility index (Phi) is 4.43. The molecule has 2 aromatic rings. The second kappa shape index (κ2) is 6.27. The molecular formula is C18H21N3. The van der Waals surface area contributed by atoms with E-state index in [4.69, 9.17) is 11.5 Å². The van der Waals surface area contributed by atoms with Gasteiger partial charge >= 0.3 is 0 Å². The van der Waals surface area contributed by atoms with E-state index in [0.717, 1.165) is 28.1 Å². The number of nitrogen functional groups attached to an aromatic ring is 1. The average molecular weight is 279 g/mol. The van der Waals surface area contributed by atoms with Gasteiger partial charge in [-0.1, -0.05) is 35.9 Å². The zero-order chi connectivity index (χ0) is 15.4. The van der Waals surface area contributed by atoms with Gasteiger partial charge in [-0.25, -0.2) is 0 Å². The molecule has 3 nitrogen and oxygen atoms in total. The summed E-state index contributed by atoms with van der Waals surface area (Å²) in [4.78, 5) is 4.48. The van der Waals surface area contributed by atoms with Crippen LogP contribution in [-0.4, -0.2) is 6.21 Å².